The summed E-state index contributed by atoms with van der Waals surface area (Å²) < 4.78 is 13.0. The molecule has 0 fully saturated rings. The standard InChI is InChI=1S/C10H12FNO/c1-6-8(10(13)7(2)12)4-3-5-9(6)11/h3-5,7H,12H2,1-2H3. The third-order valence-electron chi connectivity index (χ3n) is 1.95. The van der Waals surface area contributed by atoms with Crippen LogP contribution in [0.2, 0.25) is 0 Å². The summed E-state index contributed by atoms with van der Waals surface area (Å²) in [6.45, 7) is 3.16. The van der Waals surface area contributed by atoms with Crippen LogP contribution in [0.5, 0.6) is 0 Å². The smallest absolute Gasteiger partial charge is 0.179 e. The molecule has 0 spiro atoms. The molecule has 1 atom stereocenters. The molecule has 0 aliphatic heterocycles. The Hall–Kier alpha value is -1.22. The van der Waals surface area contributed by atoms with Crippen molar-refractivity contribution < 1.29 is 9.18 Å². The minimum atomic E-state index is -0.583. The highest BCUT2D eigenvalue weighted by atomic mass is 19.1. The average Bonchev–Trinajstić information content (AvgIpc) is 2.08. The van der Waals surface area contributed by atoms with Gasteiger partial charge in [0.25, 0.3) is 0 Å². The molecule has 13 heavy (non-hydrogen) atoms. The van der Waals surface area contributed by atoms with E-state index in [1.54, 1.807) is 19.9 Å². The topological polar surface area (TPSA) is 43.1 Å². The Morgan fingerprint density at radius 1 is 1.54 bits per heavy atom. The molecule has 1 rings (SSSR count). The number of nitrogens with two attached hydrogens (primary N) is 1. The summed E-state index contributed by atoms with van der Waals surface area (Å²) in [5.41, 5.74) is 6.15. The summed E-state index contributed by atoms with van der Waals surface area (Å²) in [5.74, 6) is -0.594. The highest BCUT2D eigenvalue weighted by molar-refractivity contribution is 6.00. The lowest BCUT2D eigenvalue weighted by Gasteiger charge is -2.07. The van der Waals surface area contributed by atoms with Crippen LogP contribution in [-0.4, -0.2) is 11.8 Å². The number of halogens is 1. The summed E-state index contributed by atoms with van der Waals surface area (Å²) in [5, 5.41) is 0. The van der Waals surface area contributed by atoms with Crippen LogP contribution in [-0.2, 0) is 0 Å². The zero-order chi connectivity index (χ0) is 10.0. The average molecular weight is 181 g/mol. The number of rotatable bonds is 2. The van der Waals surface area contributed by atoms with Crippen LogP contribution in [0.4, 0.5) is 4.39 Å². The van der Waals surface area contributed by atoms with Gasteiger partial charge in [0.2, 0.25) is 0 Å². The summed E-state index contributed by atoms with van der Waals surface area (Å²) in [7, 11) is 0. The molecule has 0 amide bonds. The van der Waals surface area contributed by atoms with Crippen LogP contribution in [0, 0.1) is 12.7 Å². The van der Waals surface area contributed by atoms with Gasteiger partial charge in [0.05, 0.1) is 6.04 Å². The van der Waals surface area contributed by atoms with Gasteiger partial charge in [-0.15, -0.1) is 0 Å². The molecule has 0 bridgehead atoms. The van der Waals surface area contributed by atoms with Gasteiger partial charge < -0.3 is 5.73 Å². The molecule has 0 aliphatic rings. The minimum Gasteiger partial charge on any atom is -0.321 e. The molecule has 0 saturated carbocycles. The summed E-state index contributed by atoms with van der Waals surface area (Å²) in [6, 6.07) is 3.84. The zero-order valence-corrected chi connectivity index (χ0v) is 7.67. The van der Waals surface area contributed by atoms with E-state index in [1.165, 1.54) is 12.1 Å². The molecule has 2 N–H and O–H groups in total. The van der Waals surface area contributed by atoms with E-state index in [1.807, 2.05) is 0 Å². The first-order valence-electron chi connectivity index (χ1n) is 4.09. The molecule has 0 aliphatic carbocycles. The van der Waals surface area contributed by atoms with Crippen LogP contribution >= 0.6 is 0 Å². The van der Waals surface area contributed by atoms with Crippen molar-refractivity contribution in [2.45, 2.75) is 19.9 Å². The normalized spacial score (nSPS) is 12.6. The van der Waals surface area contributed by atoms with E-state index in [2.05, 4.69) is 0 Å². The fourth-order valence-corrected chi connectivity index (χ4v) is 1.12. The maximum Gasteiger partial charge on any atom is 0.179 e. The van der Waals surface area contributed by atoms with E-state index in [9.17, 15) is 9.18 Å². The first-order chi connectivity index (χ1) is 6.04. The maximum absolute atomic E-state index is 13.0. The predicted molar refractivity (Wildman–Crippen MR) is 49.1 cm³/mol. The van der Waals surface area contributed by atoms with Gasteiger partial charge in [0.15, 0.2) is 5.78 Å². The van der Waals surface area contributed by atoms with Gasteiger partial charge >= 0.3 is 0 Å². The first kappa shape index (κ1) is 9.86. The van der Waals surface area contributed by atoms with Gasteiger partial charge in [0.1, 0.15) is 5.82 Å². The summed E-state index contributed by atoms with van der Waals surface area (Å²) >= 11 is 0. The lowest BCUT2D eigenvalue weighted by Crippen LogP contribution is -2.27. The van der Waals surface area contributed by atoms with Crippen LogP contribution in [0.15, 0.2) is 18.2 Å². The van der Waals surface area contributed by atoms with Crippen molar-refractivity contribution in [3.05, 3.63) is 35.1 Å². The molecule has 3 heteroatoms. The van der Waals surface area contributed by atoms with Crippen molar-refractivity contribution in [2.75, 3.05) is 0 Å². The maximum atomic E-state index is 13.0. The highest BCUT2D eigenvalue weighted by Gasteiger charge is 2.14. The second-order valence-corrected chi connectivity index (χ2v) is 3.07. The van der Waals surface area contributed by atoms with Crippen molar-refractivity contribution in [1.29, 1.82) is 0 Å². The number of carbonyl (C=O) groups excluding carboxylic acids is 1. The zero-order valence-electron chi connectivity index (χ0n) is 7.67. The molecule has 0 saturated heterocycles. The van der Waals surface area contributed by atoms with Gasteiger partial charge in [-0.1, -0.05) is 12.1 Å². The fourth-order valence-electron chi connectivity index (χ4n) is 1.12. The van der Waals surface area contributed by atoms with E-state index < -0.39 is 6.04 Å². The second kappa shape index (κ2) is 3.66. The molecule has 2 nitrogen and oxygen atoms in total. The number of carbonyl (C=O) groups is 1. The molecule has 1 aromatic rings. The summed E-state index contributed by atoms with van der Waals surface area (Å²) in [6.07, 6.45) is 0. The van der Waals surface area contributed by atoms with E-state index in [4.69, 9.17) is 5.73 Å². The lowest BCUT2D eigenvalue weighted by molar-refractivity contribution is 0.0967. The molecule has 0 radical (unpaired) electrons. The Morgan fingerprint density at radius 3 is 2.69 bits per heavy atom. The first-order valence-corrected chi connectivity index (χ1v) is 4.09. The molecule has 0 aromatic heterocycles. The fraction of sp³-hybridized carbons (Fsp3) is 0.300. The number of ketones is 1. The van der Waals surface area contributed by atoms with Crippen molar-refractivity contribution in [3.8, 4) is 0 Å². The SMILES string of the molecule is Cc1c(F)cccc1C(=O)C(C)N. The molecule has 0 heterocycles. The third-order valence-corrected chi connectivity index (χ3v) is 1.95. The van der Waals surface area contributed by atoms with Crippen LogP contribution in [0.25, 0.3) is 0 Å². The molecular weight excluding hydrogens is 169 g/mol. The van der Waals surface area contributed by atoms with Crippen LogP contribution in [0.1, 0.15) is 22.8 Å². The van der Waals surface area contributed by atoms with Gasteiger partial charge in [-0.2, -0.15) is 0 Å². The van der Waals surface area contributed by atoms with Gasteiger partial charge in [-0.05, 0) is 25.5 Å². The highest BCUT2D eigenvalue weighted by Crippen LogP contribution is 2.13. The molecule has 1 aromatic carbocycles. The Morgan fingerprint density at radius 2 is 2.15 bits per heavy atom. The third kappa shape index (κ3) is 1.92. The summed E-state index contributed by atoms with van der Waals surface area (Å²) in [4.78, 5) is 11.4. The lowest BCUT2D eigenvalue weighted by atomic mass is 10.0. The number of benzene rings is 1. The Labute approximate surface area is 76.6 Å². The van der Waals surface area contributed by atoms with Crippen LogP contribution < -0.4 is 5.73 Å². The van der Waals surface area contributed by atoms with Crippen molar-refractivity contribution in [3.63, 3.8) is 0 Å². The second-order valence-electron chi connectivity index (χ2n) is 3.07. The van der Waals surface area contributed by atoms with E-state index in [0.717, 1.165) is 0 Å². The van der Waals surface area contributed by atoms with Crippen molar-refractivity contribution in [2.24, 2.45) is 5.73 Å². The Bertz CT molecular complexity index is 334. The Kier molecular flexibility index (Phi) is 2.78. The molecule has 70 valence electrons. The van der Waals surface area contributed by atoms with E-state index >= 15 is 0 Å². The Balaban J connectivity index is 3.15. The largest absolute Gasteiger partial charge is 0.321 e. The van der Waals surface area contributed by atoms with E-state index in [-0.39, 0.29) is 11.6 Å². The van der Waals surface area contributed by atoms with Crippen molar-refractivity contribution in [1.82, 2.24) is 0 Å². The van der Waals surface area contributed by atoms with Crippen molar-refractivity contribution >= 4 is 5.78 Å². The predicted octanol–water partition coefficient (Wildman–Crippen LogP) is 1.66. The molecule has 1 unspecified atom stereocenters. The van der Waals surface area contributed by atoms with E-state index in [0.29, 0.717) is 11.1 Å². The minimum absolute atomic E-state index is 0.225. The van der Waals surface area contributed by atoms with Crippen LogP contribution in [0.3, 0.4) is 0 Å². The number of hydrogen-bond acceptors (Lipinski definition) is 2. The quantitative estimate of drug-likeness (QED) is 0.705. The van der Waals surface area contributed by atoms with Gasteiger partial charge in [-0.3, -0.25) is 4.79 Å². The number of Topliss-reactive ketones (excluding diaryl/α,β-unsaturated/α-hetero) is 1. The van der Waals surface area contributed by atoms with Gasteiger partial charge in [0, 0.05) is 5.56 Å². The molecular formula is C10H12FNO. The number of hydrogen-bond donors (Lipinski definition) is 1. The monoisotopic (exact) mass is 181 g/mol. The van der Waals surface area contributed by atoms with Gasteiger partial charge in [-0.25, -0.2) is 4.39 Å².